The van der Waals surface area contributed by atoms with Crippen LogP contribution in [0, 0.1) is 11.7 Å². The summed E-state index contributed by atoms with van der Waals surface area (Å²) in [6.45, 7) is 3.12. The van der Waals surface area contributed by atoms with E-state index in [1.54, 1.807) is 12.1 Å². The van der Waals surface area contributed by atoms with Gasteiger partial charge in [-0.3, -0.25) is 0 Å². The predicted octanol–water partition coefficient (Wildman–Crippen LogP) is 2.94. The summed E-state index contributed by atoms with van der Waals surface area (Å²) in [5.74, 6) is 1.24. The molecule has 1 aliphatic rings. The molecule has 0 spiro atoms. The van der Waals surface area contributed by atoms with Crippen LogP contribution in [0.15, 0.2) is 22.7 Å². The molecule has 0 radical (unpaired) electrons. The second-order valence-corrected chi connectivity index (χ2v) is 5.36. The average molecular weight is 291 g/mol. The van der Waals surface area contributed by atoms with Crippen molar-refractivity contribution in [1.82, 2.24) is 15.5 Å². The molecule has 3 rings (SSSR count). The van der Waals surface area contributed by atoms with Gasteiger partial charge in [-0.15, -0.1) is 0 Å². The van der Waals surface area contributed by atoms with Crippen LogP contribution in [0.3, 0.4) is 0 Å². The number of nitrogens with one attached hydrogen (secondary N) is 1. The first-order chi connectivity index (χ1) is 10.2. The van der Waals surface area contributed by atoms with Crippen molar-refractivity contribution in [3.05, 3.63) is 29.9 Å². The number of halogens is 1. The normalized spacial score (nSPS) is 22.2. The second-order valence-electron chi connectivity index (χ2n) is 5.36. The van der Waals surface area contributed by atoms with Gasteiger partial charge in [0.1, 0.15) is 0 Å². The van der Waals surface area contributed by atoms with E-state index in [-0.39, 0.29) is 11.8 Å². The molecule has 1 fully saturated rings. The lowest BCUT2D eigenvalue weighted by Gasteiger charge is -2.26. The highest BCUT2D eigenvalue weighted by atomic mass is 19.1. The third-order valence-corrected chi connectivity index (χ3v) is 3.89. The summed E-state index contributed by atoms with van der Waals surface area (Å²) in [4.78, 5) is 4.44. The Hall–Kier alpha value is -1.95. The third kappa shape index (κ3) is 2.76. The number of hydrogen-bond donors (Lipinski definition) is 1. The maximum atomic E-state index is 13.4. The van der Waals surface area contributed by atoms with Crippen molar-refractivity contribution in [2.75, 3.05) is 13.7 Å². The minimum absolute atomic E-state index is 0.0855. The van der Waals surface area contributed by atoms with Gasteiger partial charge in [-0.2, -0.15) is 4.98 Å². The van der Waals surface area contributed by atoms with Crippen molar-refractivity contribution in [1.29, 1.82) is 0 Å². The van der Waals surface area contributed by atoms with Gasteiger partial charge in [0.15, 0.2) is 11.6 Å². The maximum Gasteiger partial charge on any atom is 0.244 e. The van der Waals surface area contributed by atoms with Crippen LogP contribution in [0.1, 0.15) is 31.7 Å². The van der Waals surface area contributed by atoms with Crippen LogP contribution in [0.4, 0.5) is 4.39 Å². The Balaban J connectivity index is 1.87. The molecule has 2 unspecified atom stereocenters. The van der Waals surface area contributed by atoms with E-state index in [4.69, 9.17) is 9.26 Å². The summed E-state index contributed by atoms with van der Waals surface area (Å²) >= 11 is 0. The molecule has 1 aromatic heterocycles. The second kappa shape index (κ2) is 5.81. The molecule has 2 heterocycles. The molecule has 0 amide bonds. The Kier molecular flexibility index (Phi) is 3.88. The minimum atomic E-state index is -0.410. The van der Waals surface area contributed by atoms with E-state index in [0.29, 0.717) is 23.2 Å². The van der Waals surface area contributed by atoms with E-state index in [9.17, 15) is 4.39 Å². The quantitative estimate of drug-likeness (QED) is 0.942. The minimum Gasteiger partial charge on any atom is -0.494 e. The fourth-order valence-corrected chi connectivity index (χ4v) is 2.66. The summed E-state index contributed by atoms with van der Waals surface area (Å²) in [6.07, 6.45) is 2.30. The number of rotatable bonds is 3. The van der Waals surface area contributed by atoms with Gasteiger partial charge in [0, 0.05) is 5.56 Å². The Morgan fingerprint density at radius 1 is 1.43 bits per heavy atom. The van der Waals surface area contributed by atoms with Crippen molar-refractivity contribution >= 4 is 0 Å². The smallest absolute Gasteiger partial charge is 0.244 e. The summed E-state index contributed by atoms with van der Waals surface area (Å²) < 4.78 is 23.8. The van der Waals surface area contributed by atoms with Crippen molar-refractivity contribution in [2.45, 2.75) is 25.8 Å². The number of benzene rings is 1. The largest absolute Gasteiger partial charge is 0.494 e. The Morgan fingerprint density at radius 2 is 2.29 bits per heavy atom. The van der Waals surface area contributed by atoms with Crippen molar-refractivity contribution in [3.63, 3.8) is 0 Å². The van der Waals surface area contributed by atoms with E-state index in [1.165, 1.54) is 13.2 Å². The van der Waals surface area contributed by atoms with Gasteiger partial charge in [-0.1, -0.05) is 12.1 Å². The highest BCUT2D eigenvalue weighted by molar-refractivity contribution is 5.57. The molecule has 2 atom stereocenters. The standard InChI is InChI=1S/C15H18FN3O2/c1-9-4-3-7-17-13(9)15-18-14(19-21-15)10-5-6-11(16)12(8-10)20-2/h5-6,8-9,13,17H,3-4,7H2,1-2H3. The third-order valence-electron chi connectivity index (χ3n) is 3.89. The summed E-state index contributed by atoms with van der Waals surface area (Å²) in [5.41, 5.74) is 0.673. The lowest BCUT2D eigenvalue weighted by atomic mass is 9.93. The lowest BCUT2D eigenvalue weighted by molar-refractivity contribution is 0.239. The molecule has 112 valence electrons. The number of piperidine rings is 1. The highest BCUT2D eigenvalue weighted by Crippen LogP contribution is 2.30. The van der Waals surface area contributed by atoms with Gasteiger partial charge in [-0.25, -0.2) is 4.39 Å². The fourth-order valence-electron chi connectivity index (χ4n) is 2.66. The van der Waals surface area contributed by atoms with Crippen LogP contribution >= 0.6 is 0 Å². The molecular formula is C15H18FN3O2. The van der Waals surface area contributed by atoms with Crippen LogP contribution in [-0.2, 0) is 0 Å². The van der Waals surface area contributed by atoms with E-state index < -0.39 is 5.82 Å². The molecule has 21 heavy (non-hydrogen) atoms. The lowest BCUT2D eigenvalue weighted by Crippen LogP contribution is -2.33. The van der Waals surface area contributed by atoms with Crippen LogP contribution in [0.25, 0.3) is 11.4 Å². The Morgan fingerprint density at radius 3 is 3.05 bits per heavy atom. The topological polar surface area (TPSA) is 60.2 Å². The van der Waals surface area contributed by atoms with Gasteiger partial charge in [0.2, 0.25) is 11.7 Å². The van der Waals surface area contributed by atoms with Gasteiger partial charge >= 0.3 is 0 Å². The van der Waals surface area contributed by atoms with Gasteiger partial charge in [0.05, 0.1) is 13.2 Å². The average Bonchev–Trinajstić information content (AvgIpc) is 2.98. The molecule has 0 saturated carbocycles. The molecule has 1 aromatic carbocycles. The number of aromatic nitrogens is 2. The molecule has 0 aliphatic carbocycles. The highest BCUT2D eigenvalue weighted by Gasteiger charge is 2.27. The predicted molar refractivity (Wildman–Crippen MR) is 75.4 cm³/mol. The van der Waals surface area contributed by atoms with Crippen molar-refractivity contribution in [3.8, 4) is 17.1 Å². The van der Waals surface area contributed by atoms with Gasteiger partial charge < -0.3 is 14.6 Å². The molecule has 2 aromatic rings. The first-order valence-electron chi connectivity index (χ1n) is 7.10. The Bertz CT molecular complexity index is 629. The van der Waals surface area contributed by atoms with Crippen LogP contribution in [0.2, 0.25) is 0 Å². The summed E-state index contributed by atoms with van der Waals surface area (Å²) in [5, 5.41) is 7.40. The molecule has 1 aliphatic heterocycles. The van der Waals surface area contributed by atoms with E-state index in [0.717, 1.165) is 19.4 Å². The number of methoxy groups -OCH3 is 1. The zero-order valence-corrected chi connectivity index (χ0v) is 12.1. The SMILES string of the molecule is COc1cc(-c2noc(C3NCCCC3C)n2)ccc1F. The monoisotopic (exact) mass is 291 g/mol. The molecule has 5 nitrogen and oxygen atoms in total. The zero-order valence-electron chi connectivity index (χ0n) is 12.1. The molecular weight excluding hydrogens is 273 g/mol. The molecule has 1 N–H and O–H groups in total. The van der Waals surface area contributed by atoms with Crippen molar-refractivity contribution < 1.29 is 13.7 Å². The van der Waals surface area contributed by atoms with Crippen LogP contribution < -0.4 is 10.1 Å². The van der Waals surface area contributed by atoms with Gasteiger partial charge in [0.25, 0.3) is 0 Å². The van der Waals surface area contributed by atoms with Crippen LogP contribution in [0.5, 0.6) is 5.75 Å². The maximum absolute atomic E-state index is 13.4. The fraction of sp³-hybridized carbons (Fsp3) is 0.467. The summed E-state index contributed by atoms with van der Waals surface area (Å²) in [7, 11) is 1.43. The van der Waals surface area contributed by atoms with E-state index >= 15 is 0 Å². The number of nitrogens with zero attached hydrogens (tertiary/aromatic N) is 2. The molecule has 0 bridgehead atoms. The van der Waals surface area contributed by atoms with Crippen molar-refractivity contribution in [2.24, 2.45) is 5.92 Å². The zero-order chi connectivity index (χ0) is 14.8. The van der Waals surface area contributed by atoms with Gasteiger partial charge in [-0.05, 0) is 43.5 Å². The number of ether oxygens (including phenoxy) is 1. The summed E-state index contributed by atoms with van der Waals surface area (Å²) in [6, 6.07) is 4.61. The Labute approximate surface area is 122 Å². The van der Waals surface area contributed by atoms with Crippen LogP contribution in [-0.4, -0.2) is 23.8 Å². The molecule has 6 heteroatoms. The first-order valence-corrected chi connectivity index (χ1v) is 7.10. The first kappa shape index (κ1) is 14.0. The molecule has 1 saturated heterocycles. The van der Waals surface area contributed by atoms with E-state index in [2.05, 4.69) is 22.4 Å². The number of hydrogen-bond acceptors (Lipinski definition) is 5. The van der Waals surface area contributed by atoms with E-state index in [1.807, 2.05) is 0 Å².